The Morgan fingerprint density at radius 1 is 1.02 bits per heavy atom. The average Bonchev–Trinajstić information content (AvgIpc) is 3.73. The number of amides is 3. The molecule has 44 heavy (non-hydrogen) atoms. The van der Waals surface area contributed by atoms with E-state index in [0.29, 0.717) is 64.6 Å². The molecule has 1 saturated carbocycles. The summed E-state index contributed by atoms with van der Waals surface area (Å²) in [6.45, 7) is 2.80. The van der Waals surface area contributed by atoms with Crippen LogP contribution in [0.3, 0.4) is 0 Å². The Bertz CT molecular complexity index is 1310. The minimum absolute atomic E-state index is 0.0389. The molecule has 3 aliphatic heterocycles. The summed E-state index contributed by atoms with van der Waals surface area (Å²) in [5.41, 5.74) is 0.428. The van der Waals surface area contributed by atoms with Gasteiger partial charge in [0.2, 0.25) is 17.7 Å². The zero-order valence-electron chi connectivity index (χ0n) is 25.6. The molecule has 3 atom stereocenters. The van der Waals surface area contributed by atoms with Gasteiger partial charge in [-0.25, -0.2) is 4.68 Å². The Kier molecular flexibility index (Phi) is 9.76. The van der Waals surface area contributed by atoms with Gasteiger partial charge in [0.05, 0.1) is 24.2 Å². The highest BCUT2D eigenvalue weighted by atomic mass is 16.5. The lowest BCUT2D eigenvalue weighted by Gasteiger charge is -2.40. The third-order valence-corrected chi connectivity index (χ3v) is 10.1. The topological polar surface area (TPSA) is 118 Å². The van der Waals surface area contributed by atoms with E-state index in [1.165, 1.54) is 12.8 Å². The fourth-order valence-electron chi connectivity index (χ4n) is 7.44. The molecule has 10 nitrogen and oxygen atoms in total. The summed E-state index contributed by atoms with van der Waals surface area (Å²) in [5.74, 6) is 0.678. The lowest BCUT2D eigenvalue weighted by molar-refractivity contribution is -0.140. The summed E-state index contributed by atoms with van der Waals surface area (Å²) in [4.78, 5) is 42.9. The number of nitrogens with one attached hydrogen (secondary N) is 3. The third kappa shape index (κ3) is 7.24. The first kappa shape index (κ1) is 30.5. The van der Waals surface area contributed by atoms with Crippen LogP contribution in [-0.4, -0.2) is 77.3 Å². The smallest absolute Gasteiger partial charge is 0.243 e. The maximum atomic E-state index is 13.8. The van der Waals surface area contributed by atoms with Crippen LogP contribution in [0.4, 0.5) is 5.82 Å². The molecule has 3 N–H and O–H groups in total. The first-order valence-electron chi connectivity index (χ1n) is 16.4. The summed E-state index contributed by atoms with van der Waals surface area (Å²) < 4.78 is 7.59. The van der Waals surface area contributed by atoms with Crippen molar-refractivity contribution < 1.29 is 19.1 Å². The van der Waals surface area contributed by atoms with Gasteiger partial charge in [0.15, 0.2) is 0 Å². The zero-order valence-corrected chi connectivity index (χ0v) is 25.6. The number of likely N-dealkylation sites (tertiary alicyclic amines) is 1. The second-order valence-electron chi connectivity index (χ2n) is 13.1. The van der Waals surface area contributed by atoms with Crippen LogP contribution < -0.4 is 16.0 Å². The lowest BCUT2D eigenvalue weighted by atomic mass is 9.75. The number of rotatable bonds is 6. The van der Waals surface area contributed by atoms with Gasteiger partial charge in [-0.3, -0.25) is 19.3 Å². The van der Waals surface area contributed by atoms with Crippen molar-refractivity contribution in [3.8, 4) is 0 Å². The SMILES string of the molecule is O=C(CN1CC[C@H]2NC(=O)[C@H](Cc3ccccc3)NC(=O)C3(C/C=C/C[C@H]2C1)CCOCC3)Nc1ccnn1C1CCCC1. The van der Waals surface area contributed by atoms with Gasteiger partial charge in [0, 0.05) is 44.8 Å². The summed E-state index contributed by atoms with van der Waals surface area (Å²) in [6.07, 6.45) is 14.5. The van der Waals surface area contributed by atoms with Gasteiger partial charge in [0.1, 0.15) is 11.9 Å². The Balaban J connectivity index is 1.15. The minimum Gasteiger partial charge on any atom is -0.381 e. The summed E-state index contributed by atoms with van der Waals surface area (Å²) in [6, 6.07) is 11.4. The summed E-state index contributed by atoms with van der Waals surface area (Å²) in [7, 11) is 0. The van der Waals surface area contributed by atoms with Gasteiger partial charge >= 0.3 is 0 Å². The molecule has 4 aliphatic rings. The van der Waals surface area contributed by atoms with Gasteiger partial charge < -0.3 is 20.7 Å². The molecule has 6 rings (SSSR count). The molecule has 10 heteroatoms. The predicted octanol–water partition coefficient (Wildman–Crippen LogP) is 3.62. The molecule has 236 valence electrons. The number of allylic oxidation sites excluding steroid dienone is 2. The fraction of sp³-hybridized carbons (Fsp3) is 0.588. The number of carbonyl (C=O) groups excluding carboxylic acids is 3. The van der Waals surface area contributed by atoms with E-state index >= 15 is 0 Å². The van der Waals surface area contributed by atoms with E-state index in [9.17, 15) is 14.4 Å². The normalized spacial score (nSPS) is 27.4. The molecule has 1 spiro atoms. The summed E-state index contributed by atoms with van der Waals surface area (Å²) >= 11 is 0. The molecule has 3 fully saturated rings. The van der Waals surface area contributed by atoms with Crippen molar-refractivity contribution in [2.45, 2.75) is 82.3 Å². The third-order valence-electron chi connectivity index (χ3n) is 10.1. The number of aromatic nitrogens is 2. The number of piperidine rings is 1. The number of hydrogen-bond acceptors (Lipinski definition) is 6. The largest absolute Gasteiger partial charge is 0.381 e. The summed E-state index contributed by atoms with van der Waals surface area (Å²) in [5, 5.41) is 14.1. The van der Waals surface area contributed by atoms with Crippen LogP contribution in [0, 0.1) is 11.3 Å². The Morgan fingerprint density at radius 3 is 2.61 bits per heavy atom. The number of benzene rings is 1. The zero-order chi connectivity index (χ0) is 30.4. The molecule has 0 radical (unpaired) electrons. The van der Waals surface area contributed by atoms with Gasteiger partial charge in [-0.05, 0) is 56.4 Å². The van der Waals surface area contributed by atoms with Crippen molar-refractivity contribution in [2.75, 3.05) is 38.2 Å². The highest BCUT2D eigenvalue weighted by Crippen LogP contribution is 2.36. The number of fused-ring (bicyclic) bond motifs is 1. The lowest BCUT2D eigenvalue weighted by Crippen LogP contribution is -2.58. The minimum atomic E-state index is -0.665. The molecule has 1 aromatic carbocycles. The van der Waals surface area contributed by atoms with Crippen LogP contribution in [0.25, 0.3) is 0 Å². The van der Waals surface area contributed by atoms with E-state index in [0.717, 1.165) is 37.1 Å². The number of hydrogen-bond donors (Lipinski definition) is 3. The van der Waals surface area contributed by atoms with Crippen molar-refractivity contribution in [1.29, 1.82) is 0 Å². The Hall–Kier alpha value is -3.50. The van der Waals surface area contributed by atoms with E-state index < -0.39 is 11.5 Å². The van der Waals surface area contributed by atoms with Crippen molar-refractivity contribution in [1.82, 2.24) is 25.3 Å². The van der Waals surface area contributed by atoms with E-state index in [-0.39, 0.29) is 29.7 Å². The van der Waals surface area contributed by atoms with E-state index in [1.54, 1.807) is 6.20 Å². The van der Waals surface area contributed by atoms with Gasteiger partial charge in [-0.15, -0.1) is 0 Å². The number of ether oxygens (including phenoxy) is 1. The van der Waals surface area contributed by atoms with Gasteiger partial charge in [-0.2, -0.15) is 5.10 Å². The van der Waals surface area contributed by atoms with Crippen LogP contribution in [0.15, 0.2) is 54.7 Å². The molecule has 0 unspecified atom stereocenters. The highest BCUT2D eigenvalue weighted by Gasteiger charge is 2.41. The first-order chi connectivity index (χ1) is 21.5. The second kappa shape index (κ2) is 14.1. The van der Waals surface area contributed by atoms with Crippen molar-refractivity contribution in [2.24, 2.45) is 11.3 Å². The second-order valence-corrected chi connectivity index (χ2v) is 13.1. The van der Waals surface area contributed by atoms with E-state index in [1.807, 2.05) is 41.1 Å². The molecule has 3 amide bonds. The standard InChI is InChI=1S/C34H46N6O4/c41-31(38-30-13-18-35-40(30)27-11-4-5-12-27)24-39-19-14-28-26(23-39)10-6-7-15-34(16-20-44-21-17-34)33(43)37-29(32(42)36-28)22-25-8-2-1-3-9-25/h1-3,6-9,13,18,26-29H,4-5,10-12,14-17,19-24H2,(H,36,42)(H,37,43)(H,38,41)/b7-6+/t26-,28+,29-/m0/s1. The van der Waals surface area contributed by atoms with Gasteiger partial charge in [-0.1, -0.05) is 55.3 Å². The van der Waals surface area contributed by atoms with Crippen LogP contribution >= 0.6 is 0 Å². The molecule has 1 aromatic heterocycles. The molecule has 1 aliphatic carbocycles. The maximum absolute atomic E-state index is 13.8. The predicted molar refractivity (Wildman–Crippen MR) is 168 cm³/mol. The molecular formula is C34H46N6O4. The number of nitrogens with zero attached hydrogens (tertiary/aromatic N) is 3. The molecule has 4 heterocycles. The maximum Gasteiger partial charge on any atom is 0.243 e. The van der Waals surface area contributed by atoms with Gasteiger partial charge in [0.25, 0.3) is 0 Å². The van der Waals surface area contributed by atoms with Crippen LogP contribution in [0.2, 0.25) is 0 Å². The average molecular weight is 603 g/mol. The van der Waals surface area contributed by atoms with Crippen molar-refractivity contribution in [3.05, 3.63) is 60.3 Å². The van der Waals surface area contributed by atoms with Crippen LogP contribution in [-0.2, 0) is 25.5 Å². The highest BCUT2D eigenvalue weighted by molar-refractivity contribution is 5.92. The molecule has 0 bridgehead atoms. The van der Waals surface area contributed by atoms with Crippen LogP contribution in [0.1, 0.15) is 69.4 Å². The monoisotopic (exact) mass is 602 g/mol. The number of carbonyl (C=O) groups is 3. The Morgan fingerprint density at radius 2 is 1.82 bits per heavy atom. The van der Waals surface area contributed by atoms with E-state index in [4.69, 9.17) is 4.74 Å². The molecular weight excluding hydrogens is 556 g/mol. The van der Waals surface area contributed by atoms with E-state index in [2.05, 4.69) is 38.1 Å². The van der Waals surface area contributed by atoms with Crippen molar-refractivity contribution >= 4 is 23.5 Å². The first-order valence-corrected chi connectivity index (χ1v) is 16.4. The fourth-order valence-corrected chi connectivity index (χ4v) is 7.44. The van der Waals surface area contributed by atoms with Crippen molar-refractivity contribution in [3.63, 3.8) is 0 Å². The molecule has 2 aromatic rings. The molecule has 2 saturated heterocycles. The van der Waals surface area contributed by atoms with Crippen LogP contribution in [0.5, 0.6) is 0 Å². The number of anilines is 1. The quantitative estimate of drug-likeness (QED) is 0.435. The Labute approximate surface area is 260 Å².